The third-order valence-electron chi connectivity index (χ3n) is 3.45. The Bertz CT molecular complexity index is 992. The van der Waals surface area contributed by atoms with Crippen LogP contribution in [0.2, 0.25) is 5.02 Å². The highest BCUT2D eigenvalue weighted by atomic mass is 35.5. The van der Waals surface area contributed by atoms with Gasteiger partial charge in [0.15, 0.2) is 16.4 Å². The Morgan fingerprint density at radius 2 is 1.75 bits per heavy atom. The molecule has 0 fully saturated rings. The van der Waals surface area contributed by atoms with Gasteiger partial charge in [-0.15, -0.1) is 0 Å². The van der Waals surface area contributed by atoms with E-state index in [1.807, 2.05) is 23.5 Å². The van der Waals surface area contributed by atoms with E-state index in [2.05, 4.69) is 5.32 Å². The maximum Gasteiger partial charge on any atom is 0.338 e. The van der Waals surface area contributed by atoms with Crippen LogP contribution in [0.5, 0.6) is 0 Å². The van der Waals surface area contributed by atoms with E-state index < -0.39 is 34.4 Å². The summed E-state index contributed by atoms with van der Waals surface area (Å²) in [4.78, 5) is 35.2. The summed E-state index contributed by atoms with van der Waals surface area (Å²) >= 11 is 5.80. The van der Waals surface area contributed by atoms with Crippen LogP contribution in [0.25, 0.3) is 0 Å². The van der Waals surface area contributed by atoms with Crippen LogP contribution in [0, 0.1) is 0 Å². The van der Waals surface area contributed by atoms with Crippen molar-refractivity contribution < 1.29 is 27.5 Å². The second-order valence-electron chi connectivity index (χ2n) is 5.71. The summed E-state index contributed by atoms with van der Waals surface area (Å²) in [7, 11) is -3.64. The predicted octanol–water partition coefficient (Wildman–Crippen LogP) is 1.93. The summed E-state index contributed by atoms with van der Waals surface area (Å²) in [5, 5.41) is 4.47. The zero-order valence-corrected chi connectivity index (χ0v) is 16.3. The van der Waals surface area contributed by atoms with E-state index >= 15 is 0 Å². The molecule has 10 heteroatoms. The topological polar surface area (TPSA) is 119 Å². The average molecular weight is 425 g/mol. The Labute approximate surface area is 166 Å². The van der Waals surface area contributed by atoms with Gasteiger partial charge in [0.2, 0.25) is 0 Å². The number of imide groups is 1. The molecule has 2 aromatic rings. The number of ether oxygens (including phenoxy) is 1. The van der Waals surface area contributed by atoms with Crippen molar-refractivity contribution >= 4 is 39.3 Å². The summed E-state index contributed by atoms with van der Waals surface area (Å²) in [6, 6.07) is 11.9. The first kappa shape index (κ1) is 21.4. The third-order valence-corrected chi connectivity index (χ3v) is 5.03. The lowest BCUT2D eigenvalue weighted by molar-refractivity contribution is -0.123. The van der Waals surface area contributed by atoms with E-state index in [1.165, 1.54) is 12.1 Å². The highest BCUT2D eigenvalue weighted by Crippen LogP contribution is 2.22. The number of carbonyl (C=O) groups excluding carboxylic acids is 3. The Hall–Kier alpha value is -2.91. The highest BCUT2D eigenvalue weighted by molar-refractivity contribution is 7.90. The summed E-state index contributed by atoms with van der Waals surface area (Å²) in [6.07, 6.45) is 0.949. The molecular formula is C18H17ClN2O6S. The molecular weight excluding hydrogens is 408 g/mol. The van der Waals surface area contributed by atoms with Gasteiger partial charge in [-0.1, -0.05) is 41.9 Å². The van der Waals surface area contributed by atoms with Crippen molar-refractivity contribution in [3.05, 3.63) is 64.7 Å². The van der Waals surface area contributed by atoms with Crippen molar-refractivity contribution in [2.24, 2.45) is 0 Å². The fraction of sp³-hybridized carbons (Fsp3) is 0.167. The van der Waals surface area contributed by atoms with Gasteiger partial charge in [-0.2, -0.15) is 0 Å². The molecule has 0 saturated carbocycles. The molecule has 0 bridgehead atoms. The number of carbonyl (C=O) groups is 3. The molecule has 0 saturated heterocycles. The lowest BCUT2D eigenvalue weighted by Crippen LogP contribution is -2.41. The molecule has 0 aliphatic carbocycles. The average Bonchev–Trinajstić information content (AvgIpc) is 2.64. The summed E-state index contributed by atoms with van der Waals surface area (Å²) in [5.41, 5.74) is 0.757. The standard InChI is InChI=1S/C18H17ClN2O6S/c1-28(25,26)15-9-13(7-8-14(15)19)17(23)27-11-16(22)21-18(24)20-10-12-5-3-2-4-6-12/h2-9H,10-11H2,1H3,(H2,20,21,22,24). The fourth-order valence-electron chi connectivity index (χ4n) is 2.11. The van der Waals surface area contributed by atoms with Crippen LogP contribution in [0.15, 0.2) is 53.4 Å². The SMILES string of the molecule is CS(=O)(=O)c1cc(C(=O)OCC(=O)NC(=O)NCc2ccccc2)ccc1Cl. The number of hydrogen-bond donors (Lipinski definition) is 2. The molecule has 0 aromatic heterocycles. The van der Waals surface area contributed by atoms with Crippen molar-refractivity contribution in [3.63, 3.8) is 0 Å². The quantitative estimate of drug-likeness (QED) is 0.684. The molecule has 2 N–H and O–H groups in total. The molecule has 0 aliphatic heterocycles. The lowest BCUT2D eigenvalue weighted by atomic mass is 10.2. The van der Waals surface area contributed by atoms with Gasteiger partial charge in [-0.05, 0) is 23.8 Å². The van der Waals surface area contributed by atoms with Gasteiger partial charge in [0, 0.05) is 12.8 Å². The maximum atomic E-state index is 12.0. The van der Waals surface area contributed by atoms with Crippen LogP contribution in [-0.2, 0) is 25.9 Å². The molecule has 0 aliphatic rings. The van der Waals surface area contributed by atoms with Crippen LogP contribution >= 0.6 is 11.6 Å². The summed E-state index contributed by atoms with van der Waals surface area (Å²) < 4.78 is 28.1. The minimum absolute atomic E-state index is 0.0353. The number of hydrogen-bond acceptors (Lipinski definition) is 6. The number of urea groups is 1. The minimum atomic E-state index is -3.64. The predicted molar refractivity (Wildman–Crippen MR) is 102 cm³/mol. The zero-order chi connectivity index (χ0) is 20.7. The molecule has 2 rings (SSSR count). The van der Waals surface area contributed by atoms with Crippen molar-refractivity contribution in [2.75, 3.05) is 12.9 Å². The van der Waals surface area contributed by atoms with E-state index in [1.54, 1.807) is 12.1 Å². The largest absolute Gasteiger partial charge is 0.452 e. The van der Waals surface area contributed by atoms with E-state index in [4.69, 9.17) is 16.3 Å². The van der Waals surface area contributed by atoms with Crippen molar-refractivity contribution in [2.45, 2.75) is 11.4 Å². The number of amides is 3. The van der Waals surface area contributed by atoms with E-state index in [0.717, 1.165) is 17.9 Å². The molecule has 8 nitrogen and oxygen atoms in total. The first-order chi connectivity index (χ1) is 13.2. The Kier molecular flexibility index (Phi) is 7.13. The second-order valence-corrected chi connectivity index (χ2v) is 8.10. The molecule has 0 unspecified atom stereocenters. The third kappa shape index (κ3) is 6.36. The van der Waals surface area contributed by atoms with Crippen LogP contribution in [0.1, 0.15) is 15.9 Å². The van der Waals surface area contributed by atoms with Gasteiger partial charge in [-0.25, -0.2) is 18.0 Å². The Balaban J connectivity index is 1.85. The summed E-state index contributed by atoms with van der Waals surface area (Å²) in [5.74, 6) is -1.77. The fourth-order valence-corrected chi connectivity index (χ4v) is 3.42. The van der Waals surface area contributed by atoms with E-state index in [0.29, 0.717) is 0 Å². The van der Waals surface area contributed by atoms with Gasteiger partial charge in [0.05, 0.1) is 15.5 Å². The van der Waals surface area contributed by atoms with Gasteiger partial charge in [0.25, 0.3) is 5.91 Å². The highest BCUT2D eigenvalue weighted by Gasteiger charge is 2.18. The van der Waals surface area contributed by atoms with Crippen LogP contribution in [-0.4, -0.2) is 39.2 Å². The molecule has 0 atom stereocenters. The van der Waals surface area contributed by atoms with E-state index in [-0.39, 0.29) is 22.0 Å². The van der Waals surface area contributed by atoms with Crippen molar-refractivity contribution in [1.82, 2.24) is 10.6 Å². The van der Waals surface area contributed by atoms with Gasteiger partial charge >= 0.3 is 12.0 Å². The Morgan fingerprint density at radius 1 is 1.07 bits per heavy atom. The molecule has 3 amide bonds. The van der Waals surface area contributed by atoms with E-state index in [9.17, 15) is 22.8 Å². The number of sulfone groups is 1. The smallest absolute Gasteiger partial charge is 0.338 e. The normalized spacial score (nSPS) is 10.8. The molecule has 148 valence electrons. The molecule has 2 aromatic carbocycles. The lowest BCUT2D eigenvalue weighted by Gasteiger charge is -2.08. The zero-order valence-electron chi connectivity index (χ0n) is 14.8. The molecule has 0 heterocycles. The second kappa shape index (κ2) is 9.34. The van der Waals surface area contributed by atoms with Crippen LogP contribution in [0.4, 0.5) is 4.79 Å². The number of esters is 1. The van der Waals surface area contributed by atoms with Crippen LogP contribution in [0.3, 0.4) is 0 Å². The van der Waals surface area contributed by atoms with Crippen molar-refractivity contribution in [3.8, 4) is 0 Å². The number of rotatable bonds is 6. The van der Waals surface area contributed by atoms with Gasteiger partial charge in [0.1, 0.15) is 0 Å². The number of halogens is 1. The van der Waals surface area contributed by atoms with Gasteiger partial charge in [-0.3, -0.25) is 10.1 Å². The maximum absolute atomic E-state index is 12.0. The van der Waals surface area contributed by atoms with Crippen LogP contribution < -0.4 is 10.6 Å². The molecule has 28 heavy (non-hydrogen) atoms. The number of benzene rings is 2. The molecule has 0 radical (unpaired) electrons. The van der Waals surface area contributed by atoms with Gasteiger partial charge < -0.3 is 10.1 Å². The summed E-state index contributed by atoms with van der Waals surface area (Å²) in [6.45, 7) is -0.493. The van der Waals surface area contributed by atoms with Crippen molar-refractivity contribution in [1.29, 1.82) is 0 Å². The monoisotopic (exact) mass is 424 g/mol. The number of nitrogens with one attached hydrogen (secondary N) is 2. The Morgan fingerprint density at radius 3 is 2.39 bits per heavy atom. The molecule has 0 spiro atoms. The minimum Gasteiger partial charge on any atom is -0.452 e. The first-order valence-corrected chi connectivity index (χ1v) is 10.2. The first-order valence-electron chi connectivity index (χ1n) is 7.95.